The zero-order chi connectivity index (χ0) is 12.4. The Morgan fingerprint density at radius 3 is 1.88 bits per heavy atom. The van der Waals surface area contributed by atoms with Crippen molar-refractivity contribution in [3.63, 3.8) is 0 Å². The van der Waals surface area contributed by atoms with Gasteiger partial charge in [0.2, 0.25) is 0 Å². The highest BCUT2D eigenvalue weighted by Crippen LogP contribution is 2.13. The van der Waals surface area contributed by atoms with E-state index in [-0.39, 0.29) is 0 Å². The van der Waals surface area contributed by atoms with Gasteiger partial charge in [0, 0.05) is 12.1 Å². The van der Waals surface area contributed by atoms with E-state index in [1.54, 1.807) is 0 Å². The Morgan fingerprint density at radius 2 is 1.38 bits per heavy atom. The molecule has 0 bridgehead atoms. The summed E-state index contributed by atoms with van der Waals surface area (Å²) in [4.78, 5) is 0. The summed E-state index contributed by atoms with van der Waals surface area (Å²) < 4.78 is 0. The minimum Gasteiger partial charge on any atom is -0.312 e. The second-order valence-electron chi connectivity index (χ2n) is 5.73. The van der Waals surface area contributed by atoms with Crippen molar-refractivity contribution in [1.29, 1.82) is 0 Å². The van der Waals surface area contributed by atoms with E-state index < -0.39 is 0 Å². The van der Waals surface area contributed by atoms with E-state index in [1.165, 1.54) is 44.9 Å². The molecule has 0 saturated heterocycles. The van der Waals surface area contributed by atoms with Gasteiger partial charge in [0.1, 0.15) is 0 Å². The second-order valence-corrected chi connectivity index (χ2v) is 5.73. The molecule has 98 valence electrons. The highest BCUT2D eigenvalue weighted by Gasteiger charge is 2.13. The van der Waals surface area contributed by atoms with Crippen LogP contribution in [0.25, 0.3) is 0 Å². The van der Waals surface area contributed by atoms with Gasteiger partial charge in [0.15, 0.2) is 0 Å². The first-order valence-corrected chi connectivity index (χ1v) is 7.34. The van der Waals surface area contributed by atoms with Gasteiger partial charge in [-0.3, -0.25) is 0 Å². The third kappa shape index (κ3) is 9.21. The first-order valence-electron chi connectivity index (χ1n) is 7.34. The second kappa shape index (κ2) is 10.1. The van der Waals surface area contributed by atoms with Crippen molar-refractivity contribution < 1.29 is 0 Å². The standard InChI is InChI=1S/C15H33N/c1-6-7-8-9-10-11-12-15(13(2)3)16-14(4)5/h13-16H,6-12H2,1-5H3. The molecule has 0 radical (unpaired) electrons. The Bertz CT molecular complexity index is 140. The minimum absolute atomic E-state index is 0.618. The predicted molar refractivity (Wildman–Crippen MR) is 74.9 cm³/mol. The maximum atomic E-state index is 3.68. The molecule has 0 aromatic rings. The van der Waals surface area contributed by atoms with E-state index in [1.807, 2.05) is 0 Å². The quantitative estimate of drug-likeness (QED) is 0.531. The maximum Gasteiger partial charge on any atom is 0.00924 e. The third-order valence-electron chi connectivity index (χ3n) is 3.22. The van der Waals surface area contributed by atoms with Gasteiger partial charge in [-0.25, -0.2) is 0 Å². The number of hydrogen-bond donors (Lipinski definition) is 1. The van der Waals surface area contributed by atoms with Gasteiger partial charge in [-0.1, -0.05) is 73.1 Å². The van der Waals surface area contributed by atoms with Crippen LogP contribution < -0.4 is 5.32 Å². The molecule has 0 aromatic carbocycles. The molecule has 0 rings (SSSR count). The zero-order valence-electron chi connectivity index (χ0n) is 12.2. The maximum absolute atomic E-state index is 3.68. The zero-order valence-corrected chi connectivity index (χ0v) is 12.2. The Hall–Kier alpha value is -0.0400. The van der Waals surface area contributed by atoms with Crippen LogP contribution in [0.1, 0.15) is 79.6 Å². The fourth-order valence-corrected chi connectivity index (χ4v) is 2.18. The van der Waals surface area contributed by atoms with E-state index in [0.29, 0.717) is 12.1 Å². The molecule has 0 fully saturated rings. The van der Waals surface area contributed by atoms with Crippen molar-refractivity contribution in [2.45, 2.75) is 91.6 Å². The molecule has 1 unspecified atom stereocenters. The van der Waals surface area contributed by atoms with E-state index in [9.17, 15) is 0 Å². The van der Waals surface area contributed by atoms with Crippen LogP contribution in [0.4, 0.5) is 0 Å². The molecule has 0 saturated carbocycles. The topological polar surface area (TPSA) is 12.0 Å². The lowest BCUT2D eigenvalue weighted by Crippen LogP contribution is -2.38. The van der Waals surface area contributed by atoms with Crippen molar-refractivity contribution >= 4 is 0 Å². The molecule has 0 aliphatic rings. The highest BCUT2D eigenvalue weighted by atomic mass is 14.9. The van der Waals surface area contributed by atoms with Crippen LogP contribution in [0.3, 0.4) is 0 Å². The molecular weight excluding hydrogens is 194 g/mol. The third-order valence-corrected chi connectivity index (χ3v) is 3.22. The SMILES string of the molecule is CCCCCCCCC(NC(C)C)C(C)C. The van der Waals surface area contributed by atoms with E-state index in [0.717, 1.165) is 5.92 Å². The van der Waals surface area contributed by atoms with Gasteiger partial charge in [-0.2, -0.15) is 0 Å². The van der Waals surface area contributed by atoms with Crippen LogP contribution >= 0.6 is 0 Å². The average molecular weight is 227 g/mol. The van der Waals surface area contributed by atoms with Gasteiger partial charge >= 0.3 is 0 Å². The molecule has 0 spiro atoms. The lowest BCUT2D eigenvalue weighted by molar-refractivity contribution is 0.341. The van der Waals surface area contributed by atoms with Crippen LogP contribution in [-0.2, 0) is 0 Å². The number of nitrogens with one attached hydrogen (secondary N) is 1. The Balaban J connectivity index is 3.52. The van der Waals surface area contributed by atoms with Gasteiger partial charge in [-0.05, 0) is 12.3 Å². The average Bonchev–Trinajstić information content (AvgIpc) is 2.20. The molecule has 1 heteroatoms. The summed E-state index contributed by atoms with van der Waals surface area (Å²) in [5.41, 5.74) is 0. The summed E-state index contributed by atoms with van der Waals surface area (Å²) in [6.45, 7) is 11.4. The van der Waals surface area contributed by atoms with Crippen LogP contribution in [0.2, 0.25) is 0 Å². The molecule has 0 amide bonds. The molecular formula is C15H33N. The largest absolute Gasteiger partial charge is 0.312 e. The van der Waals surface area contributed by atoms with Gasteiger partial charge < -0.3 is 5.32 Å². The van der Waals surface area contributed by atoms with Gasteiger partial charge in [-0.15, -0.1) is 0 Å². The van der Waals surface area contributed by atoms with Crippen LogP contribution in [0.5, 0.6) is 0 Å². The highest BCUT2D eigenvalue weighted by molar-refractivity contribution is 4.72. The molecule has 0 heterocycles. The van der Waals surface area contributed by atoms with Gasteiger partial charge in [0.05, 0.1) is 0 Å². The molecule has 16 heavy (non-hydrogen) atoms. The van der Waals surface area contributed by atoms with Crippen molar-refractivity contribution in [2.75, 3.05) is 0 Å². The van der Waals surface area contributed by atoms with Crippen molar-refractivity contribution in [1.82, 2.24) is 5.32 Å². The lowest BCUT2D eigenvalue weighted by Gasteiger charge is -2.24. The Labute approximate surface area is 103 Å². The van der Waals surface area contributed by atoms with Crippen LogP contribution in [0.15, 0.2) is 0 Å². The Morgan fingerprint density at radius 1 is 0.812 bits per heavy atom. The number of unbranched alkanes of at least 4 members (excludes halogenated alkanes) is 5. The smallest absolute Gasteiger partial charge is 0.00924 e. The van der Waals surface area contributed by atoms with Crippen LogP contribution in [-0.4, -0.2) is 12.1 Å². The van der Waals surface area contributed by atoms with Crippen molar-refractivity contribution in [2.24, 2.45) is 5.92 Å². The Kier molecular flexibility index (Phi) is 10.1. The molecule has 0 aliphatic heterocycles. The summed E-state index contributed by atoms with van der Waals surface area (Å²) in [5.74, 6) is 0.762. The lowest BCUT2D eigenvalue weighted by atomic mass is 9.96. The number of hydrogen-bond acceptors (Lipinski definition) is 1. The summed E-state index contributed by atoms with van der Waals surface area (Å²) in [7, 11) is 0. The first kappa shape index (κ1) is 16.0. The normalized spacial score (nSPS) is 13.7. The number of rotatable bonds is 10. The summed E-state index contributed by atoms with van der Waals surface area (Å²) >= 11 is 0. The summed E-state index contributed by atoms with van der Waals surface area (Å²) in [6.07, 6.45) is 9.79. The van der Waals surface area contributed by atoms with Crippen LogP contribution in [0, 0.1) is 5.92 Å². The van der Waals surface area contributed by atoms with Crippen molar-refractivity contribution in [3.05, 3.63) is 0 Å². The summed E-state index contributed by atoms with van der Waals surface area (Å²) in [6, 6.07) is 1.33. The minimum atomic E-state index is 0.618. The monoisotopic (exact) mass is 227 g/mol. The molecule has 1 N–H and O–H groups in total. The molecule has 0 aliphatic carbocycles. The fourth-order valence-electron chi connectivity index (χ4n) is 2.18. The van der Waals surface area contributed by atoms with E-state index in [4.69, 9.17) is 0 Å². The first-order chi connectivity index (χ1) is 7.57. The van der Waals surface area contributed by atoms with E-state index in [2.05, 4.69) is 39.9 Å². The molecule has 1 atom stereocenters. The summed E-state index contributed by atoms with van der Waals surface area (Å²) in [5, 5.41) is 3.68. The fraction of sp³-hybridized carbons (Fsp3) is 1.00. The predicted octanol–water partition coefficient (Wildman–Crippen LogP) is 4.76. The molecule has 0 aromatic heterocycles. The molecule has 1 nitrogen and oxygen atoms in total. The van der Waals surface area contributed by atoms with E-state index >= 15 is 0 Å². The van der Waals surface area contributed by atoms with Gasteiger partial charge in [0.25, 0.3) is 0 Å². The van der Waals surface area contributed by atoms with Crippen molar-refractivity contribution in [3.8, 4) is 0 Å².